The normalized spacial score (nSPS) is 17.3. The Labute approximate surface area is 138 Å². The van der Waals surface area contributed by atoms with Crippen LogP contribution in [0.2, 0.25) is 0 Å². The second kappa shape index (κ2) is 5.50. The number of carbonyl (C=O) groups excluding carboxylic acids is 1. The van der Waals surface area contributed by atoms with E-state index in [1.165, 1.54) is 5.56 Å². The third kappa shape index (κ3) is 2.36. The molecule has 1 aliphatic heterocycles. The topological polar surface area (TPSA) is 46.3 Å². The lowest BCUT2D eigenvalue weighted by Crippen LogP contribution is -2.35. The van der Waals surface area contributed by atoms with Gasteiger partial charge < -0.3 is 10.6 Å². The Kier molecular flexibility index (Phi) is 3.77. The molecule has 23 heavy (non-hydrogen) atoms. The quantitative estimate of drug-likeness (QED) is 0.940. The Hall–Kier alpha value is -2.13. The molecule has 0 saturated heterocycles. The van der Waals surface area contributed by atoms with E-state index in [0.29, 0.717) is 6.54 Å². The lowest BCUT2D eigenvalue weighted by atomic mass is 9.84. The van der Waals surface area contributed by atoms with Crippen LogP contribution >= 0.6 is 0 Å². The van der Waals surface area contributed by atoms with Crippen molar-refractivity contribution in [1.29, 1.82) is 0 Å². The van der Waals surface area contributed by atoms with E-state index in [1.54, 1.807) is 0 Å². The van der Waals surface area contributed by atoms with Crippen LogP contribution in [0.25, 0.3) is 0 Å². The van der Waals surface area contributed by atoms with Crippen molar-refractivity contribution in [1.82, 2.24) is 0 Å². The fourth-order valence-corrected chi connectivity index (χ4v) is 3.47. The number of carbonyl (C=O) groups is 1. The van der Waals surface area contributed by atoms with Gasteiger partial charge in [-0.3, -0.25) is 4.79 Å². The van der Waals surface area contributed by atoms with Crippen molar-refractivity contribution in [3.8, 4) is 0 Å². The SMILES string of the molecule is CCN1C(=O)C(C)(C)c2cc(C(N)c3ccccc3C)ccc21. The molecule has 2 aromatic carbocycles. The minimum atomic E-state index is -0.493. The molecule has 1 unspecified atom stereocenters. The molecule has 3 nitrogen and oxygen atoms in total. The molecule has 1 aliphatic rings. The number of nitrogens with two attached hydrogens (primary N) is 1. The molecular weight excluding hydrogens is 284 g/mol. The number of amides is 1. The molecule has 1 amide bonds. The Morgan fingerprint density at radius 2 is 1.87 bits per heavy atom. The van der Waals surface area contributed by atoms with E-state index >= 15 is 0 Å². The number of nitrogens with zero attached hydrogens (tertiary/aromatic N) is 1. The van der Waals surface area contributed by atoms with Crippen LogP contribution in [0, 0.1) is 6.92 Å². The van der Waals surface area contributed by atoms with Crippen molar-refractivity contribution in [3.05, 3.63) is 64.7 Å². The molecule has 1 atom stereocenters. The monoisotopic (exact) mass is 308 g/mol. The van der Waals surface area contributed by atoms with Crippen molar-refractivity contribution >= 4 is 11.6 Å². The molecule has 0 bridgehead atoms. The molecule has 120 valence electrons. The average Bonchev–Trinajstić information content (AvgIpc) is 2.73. The molecule has 2 aromatic rings. The molecule has 3 heteroatoms. The van der Waals surface area contributed by atoms with Gasteiger partial charge in [-0.15, -0.1) is 0 Å². The summed E-state index contributed by atoms with van der Waals surface area (Å²) in [4.78, 5) is 14.5. The van der Waals surface area contributed by atoms with E-state index in [2.05, 4.69) is 25.1 Å². The van der Waals surface area contributed by atoms with Gasteiger partial charge in [-0.25, -0.2) is 0 Å². The Morgan fingerprint density at radius 1 is 1.17 bits per heavy atom. The van der Waals surface area contributed by atoms with Gasteiger partial charge in [0.2, 0.25) is 5.91 Å². The smallest absolute Gasteiger partial charge is 0.237 e. The van der Waals surface area contributed by atoms with Gasteiger partial charge in [-0.2, -0.15) is 0 Å². The number of likely N-dealkylation sites (N-methyl/N-ethyl adjacent to an activating group) is 1. The zero-order valence-corrected chi connectivity index (χ0v) is 14.3. The first kappa shape index (κ1) is 15.8. The predicted octanol–water partition coefficient (Wildman–Crippen LogP) is 3.69. The Balaban J connectivity index is 2.07. The summed E-state index contributed by atoms with van der Waals surface area (Å²) < 4.78 is 0. The maximum atomic E-state index is 12.6. The summed E-state index contributed by atoms with van der Waals surface area (Å²) in [7, 11) is 0. The number of hydrogen-bond acceptors (Lipinski definition) is 2. The fraction of sp³-hybridized carbons (Fsp3) is 0.350. The highest BCUT2D eigenvalue weighted by atomic mass is 16.2. The zero-order chi connectivity index (χ0) is 16.8. The summed E-state index contributed by atoms with van der Waals surface area (Å²) in [5.74, 6) is 0.164. The van der Waals surface area contributed by atoms with E-state index < -0.39 is 5.41 Å². The molecule has 0 saturated carbocycles. The van der Waals surface area contributed by atoms with Crippen LogP contribution in [-0.4, -0.2) is 12.5 Å². The van der Waals surface area contributed by atoms with E-state index in [1.807, 2.05) is 49.9 Å². The van der Waals surface area contributed by atoms with E-state index in [4.69, 9.17) is 5.73 Å². The molecule has 0 radical (unpaired) electrons. The second-order valence-electron chi connectivity index (χ2n) is 6.79. The molecule has 0 spiro atoms. The van der Waals surface area contributed by atoms with Crippen LogP contribution in [0.3, 0.4) is 0 Å². The number of rotatable bonds is 3. The lowest BCUT2D eigenvalue weighted by Gasteiger charge is -2.19. The van der Waals surface area contributed by atoms with Crippen LogP contribution in [0.5, 0.6) is 0 Å². The Morgan fingerprint density at radius 3 is 2.52 bits per heavy atom. The minimum absolute atomic E-state index is 0.164. The van der Waals surface area contributed by atoms with Crippen LogP contribution in [0.15, 0.2) is 42.5 Å². The standard InChI is InChI=1S/C20H24N2O/c1-5-22-17-11-10-14(12-16(17)20(3,4)19(22)23)18(21)15-9-7-6-8-13(15)2/h6-12,18H,5,21H2,1-4H3. The predicted molar refractivity (Wildman–Crippen MR) is 94.7 cm³/mol. The largest absolute Gasteiger partial charge is 0.320 e. The van der Waals surface area contributed by atoms with E-state index in [9.17, 15) is 4.79 Å². The van der Waals surface area contributed by atoms with Gasteiger partial charge in [0.15, 0.2) is 0 Å². The van der Waals surface area contributed by atoms with E-state index in [0.717, 1.165) is 22.4 Å². The summed E-state index contributed by atoms with van der Waals surface area (Å²) in [5, 5.41) is 0. The molecule has 2 N–H and O–H groups in total. The van der Waals surface area contributed by atoms with Crippen molar-refractivity contribution < 1.29 is 4.79 Å². The number of anilines is 1. The van der Waals surface area contributed by atoms with Gasteiger partial charge in [-0.1, -0.05) is 36.4 Å². The molecule has 0 aromatic heterocycles. The first-order valence-electron chi connectivity index (χ1n) is 8.15. The highest BCUT2D eigenvalue weighted by molar-refractivity contribution is 6.07. The van der Waals surface area contributed by atoms with Crippen LogP contribution in [0.4, 0.5) is 5.69 Å². The highest BCUT2D eigenvalue weighted by Gasteiger charge is 2.43. The van der Waals surface area contributed by atoms with Gasteiger partial charge in [0.05, 0.1) is 11.5 Å². The third-order valence-electron chi connectivity index (χ3n) is 4.96. The van der Waals surface area contributed by atoms with Crippen LogP contribution in [0.1, 0.15) is 49.1 Å². The summed E-state index contributed by atoms with van der Waals surface area (Å²) in [5.41, 5.74) is 11.5. The number of fused-ring (bicyclic) bond motifs is 1. The second-order valence-corrected chi connectivity index (χ2v) is 6.79. The third-order valence-corrected chi connectivity index (χ3v) is 4.96. The molecule has 0 fully saturated rings. The Bertz CT molecular complexity index is 764. The molecule has 3 rings (SSSR count). The van der Waals surface area contributed by atoms with Crippen LogP contribution in [-0.2, 0) is 10.2 Å². The van der Waals surface area contributed by atoms with E-state index in [-0.39, 0.29) is 11.9 Å². The maximum absolute atomic E-state index is 12.6. The van der Waals surface area contributed by atoms with Gasteiger partial charge in [0.25, 0.3) is 0 Å². The number of hydrogen-bond donors (Lipinski definition) is 1. The zero-order valence-electron chi connectivity index (χ0n) is 14.3. The average molecular weight is 308 g/mol. The molecule has 1 heterocycles. The summed E-state index contributed by atoms with van der Waals surface area (Å²) in [6, 6.07) is 14.2. The number of aryl methyl sites for hydroxylation is 1. The summed E-state index contributed by atoms with van der Waals surface area (Å²) in [6.07, 6.45) is 0. The first-order chi connectivity index (χ1) is 10.9. The van der Waals surface area contributed by atoms with Gasteiger partial charge in [0, 0.05) is 12.2 Å². The number of benzene rings is 2. The fourth-order valence-electron chi connectivity index (χ4n) is 3.47. The van der Waals surface area contributed by atoms with Gasteiger partial charge >= 0.3 is 0 Å². The lowest BCUT2D eigenvalue weighted by molar-refractivity contribution is -0.122. The highest BCUT2D eigenvalue weighted by Crippen LogP contribution is 2.42. The van der Waals surface area contributed by atoms with Crippen molar-refractivity contribution in [3.63, 3.8) is 0 Å². The first-order valence-corrected chi connectivity index (χ1v) is 8.15. The maximum Gasteiger partial charge on any atom is 0.237 e. The summed E-state index contributed by atoms with van der Waals surface area (Å²) >= 11 is 0. The van der Waals surface area contributed by atoms with Gasteiger partial charge in [0.1, 0.15) is 0 Å². The summed E-state index contributed by atoms with van der Waals surface area (Å²) in [6.45, 7) is 8.77. The minimum Gasteiger partial charge on any atom is -0.320 e. The molecule has 0 aliphatic carbocycles. The molecular formula is C20H24N2O. The van der Waals surface area contributed by atoms with Gasteiger partial charge in [-0.05, 0) is 56.0 Å². The van der Waals surface area contributed by atoms with Crippen molar-refractivity contribution in [2.24, 2.45) is 5.73 Å². The van der Waals surface area contributed by atoms with Crippen LogP contribution < -0.4 is 10.6 Å². The van der Waals surface area contributed by atoms with Crippen molar-refractivity contribution in [2.45, 2.75) is 39.2 Å². The van der Waals surface area contributed by atoms with Crippen molar-refractivity contribution in [2.75, 3.05) is 11.4 Å².